The van der Waals surface area contributed by atoms with Crippen LogP contribution in [0.5, 0.6) is 17.2 Å². The molecule has 1 saturated heterocycles. The van der Waals surface area contributed by atoms with Gasteiger partial charge in [-0.1, -0.05) is 17.7 Å². The Balaban J connectivity index is 1.91. The van der Waals surface area contributed by atoms with E-state index in [4.69, 9.17) is 21.1 Å². The molecule has 36 heavy (non-hydrogen) atoms. The van der Waals surface area contributed by atoms with Crippen LogP contribution in [0.25, 0.3) is 27.7 Å². The lowest BCUT2D eigenvalue weighted by molar-refractivity contribution is 0.0693. The first-order valence-electron chi connectivity index (χ1n) is 11.3. The quantitative estimate of drug-likeness (QED) is 0.299. The highest BCUT2D eigenvalue weighted by molar-refractivity contribution is 6.31. The Bertz CT molecular complexity index is 1490. The lowest BCUT2D eigenvalue weighted by atomic mass is 9.89. The summed E-state index contributed by atoms with van der Waals surface area (Å²) in [5, 5.41) is 31.7. The van der Waals surface area contributed by atoms with Crippen molar-refractivity contribution in [2.24, 2.45) is 0 Å². The largest absolute Gasteiger partial charge is 0.507 e. The van der Waals surface area contributed by atoms with Crippen molar-refractivity contribution in [3.05, 3.63) is 70.6 Å². The Labute approximate surface area is 210 Å². The van der Waals surface area contributed by atoms with Crippen LogP contribution in [0.1, 0.15) is 34.8 Å². The molecule has 1 aliphatic heterocycles. The standard InChI is InChI=1S/C27H23ClFNO6/c1-35-23-13-17(3-5-19(23)29)30-20-11-16(28)12-22(32)25(20)24(26(30)14-6-8-36-9-7-14)15-2-4-18(27(33)34)21(31)10-15/h2-5,10-14,31-32H,6-9H2,1H3,(H,33,34). The van der Waals surface area contributed by atoms with Gasteiger partial charge < -0.3 is 29.4 Å². The molecule has 0 atom stereocenters. The fourth-order valence-corrected chi connectivity index (χ4v) is 5.17. The van der Waals surface area contributed by atoms with Crippen LogP contribution in [0.4, 0.5) is 4.39 Å². The molecule has 0 bridgehead atoms. The molecule has 2 heterocycles. The summed E-state index contributed by atoms with van der Waals surface area (Å²) in [6, 6.07) is 12.0. The van der Waals surface area contributed by atoms with Crippen LogP contribution in [0.2, 0.25) is 5.02 Å². The van der Waals surface area contributed by atoms with Crippen molar-refractivity contribution < 1.29 is 34.0 Å². The third-order valence-corrected chi connectivity index (χ3v) is 6.79. The maximum absolute atomic E-state index is 14.3. The Morgan fingerprint density at radius 3 is 2.50 bits per heavy atom. The van der Waals surface area contributed by atoms with Gasteiger partial charge in [0.2, 0.25) is 0 Å². The first-order valence-corrected chi connectivity index (χ1v) is 11.7. The fraction of sp³-hybridized carbons (Fsp3) is 0.222. The third kappa shape index (κ3) is 4.02. The third-order valence-electron chi connectivity index (χ3n) is 6.57. The van der Waals surface area contributed by atoms with Crippen LogP contribution >= 0.6 is 11.6 Å². The molecule has 0 amide bonds. The van der Waals surface area contributed by atoms with Gasteiger partial charge in [-0.3, -0.25) is 0 Å². The number of carbonyl (C=O) groups is 1. The topological polar surface area (TPSA) is 101 Å². The van der Waals surface area contributed by atoms with E-state index in [1.54, 1.807) is 24.3 Å². The number of hydrogen-bond acceptors (Lipinski definition) is 5. The van der Waals surface area contributed by atoms with E-state index in [0.29, 0.717) is 58.8 Å². The number of aromatic nitrogens is 1. The molecule has 0 radical (unpaired) electrons. The Kier molecular flexibility index (Phi) is 6.24. The van der Waals surface area contributed by atoms with Crippen LogP contribution in [0, 0.1) is 5.82 Å². The van der Waals surface area contributed by atoms with Gasteiger partial charge in [0, 0.05) is 47.2 Å². The first kappa shape index (κ1) is 24.0. The molecule has 0 aliphatic carbocycles. The number of benzene rings is 3. The van der Waals surface area contributed by atoms with E-state index in [2.05, 4.69) is 0 Å². The number of halogens is 2. The number of ether oxygens (including phenoxy) is 2. The molecule has 3 aromatic carbocycles. The van der Waals surface area contributed by atoms with Gasteiger partial charge in [-0.2, -0.15) is 0 Å². The van der Waals surface area contributed by atoms with E-state index in [-0.39, 0.29) is 23.0 Å². The average molecular weight is 512 g/mol. The number of carboxylic acid groups (broad SMARTS) is 1. The maximum Gasteiger partial charge on any atom is 0.339 e. The highest BCUT2D eigenvalue weighted by atomic mass is 35.5. The number of phenols is 2. The molecular formula is C27H23ClFNO6. The smallest absolute Gasteiger partial charge is 0.339 e. The van der Waals surface area contributed by atoms with Crippen LogP contribution in [0.3, 0.4) is 0 Å². The van der Waals surface area contributed by atoms with Gasteiger partial charge in [0.05, 0.1) is 18.0 Å². The summed E-state index contributed by atoms with van der Waals surface area (Å²) in [7, 11) is 1.39. The van der Waals surface area contributed by atoms with Gasteiger partial charge >= 0.3 is 5.97 Å². The number of aromatic carboxylic acids is 1. The van der Waals surface area contributed by atoms with Gasteiger partial charge in [0.25, 0.3) is 0 Å². The zero-order chi connectivity index (χ0) is 25.6. The van der Waals surface area contributed by atoms with Crippen LogP contribution in [-0.4, -0.2) is 46.2 Å². The number of rotatable bonds is 5. The normalized spacial score (nSPS) is 14.3. The number of nitrogens with zero attached hydrogens (tertiary/aromatic N) is 1. The monoisotopic (exact) mass is 511 g/mol. The summed E-state index contributed by atoms with van der Waals surface area (Å²) in [4.78, 5) is 11.5. The highest BCUT2D eigenvalue weighted by Gasteiger charge is 2.30. The molecule has 0 saturated carbocycles. The summed E-state index contributed by atoms with van der Waals surface area (Å²) in [6.07, 6.45) is 1.38. The second-order valence-electron chi connectivity index (χ2n) is 8.66. The van der Waals surface area contributed by atoms with Crippen molar-refractivity contribution in [2.45, 2.75) is 18.8 Å². The summed E-state index contributed by atoms with van der Waals surface area (Å²) in [5.41, 5.74) is 2.90. The molecule has 5 rings (SSSR count). The Hall–Kier alpha value is -3.75. The minimum Gasteiger partial charge on any atom is -0.507 e. The minimum absolute atomic E-state index is 0.0170. The zero-order valence-corrected chi connectivity index (χ0v) is 20.1. The molecule has 1 fully saturated rings. The molecule has 9 heteroatoms. The lowest BCUT2D eigenvalue weighted by Gasteiger charge is -2.26. The number of hydrogen-bond donors (Lipinski definition) is 3. The number of aromatic hydroxyl groups is 2. The molecule has 1 aromatic heterocycles. The summed E-state index contributed by atoms with van der Waals surface area (Å²) in [6.45, 7) is 1.07. The van der Waals surface area contributed by atoms with E-state index < -0.39 is 17.5 Å². The number of carboxylic acids is 1. The molecule has 3 N–H and O–H groups in total. The molecule has 7 nitrogen and oxygen atoms in total. The van der Waals surface area contributed by atoms with Crippen molar-refractivity contribution >= 4 is 28.5 Å². The molecule has 4 aromatic rings. The molecule has 0 unspecified atom stereocenters. The van der Waals surface area contributed by atoms with Crippen LogP contribution in [0.15, 0.2) is 48.5 Å². The van der Waals surface area contributed by atoms with Gasteiger partial charge in [-0.05, 0) is 54.8 Å². The average Bonchev–Trinajstić information content (AvgIpc) is 3.20. The van der Waals surface area contributed by atoms with Crippen molar-refractivity contribution in [3.63, 3.8) is 0 Å². The van der Waals surface area contributed by atoms with Gasteiger partial charge in [0.15, 0.2) is 11.6 Å². The van der Waals surface area contributed by atoms with E-state index >= 15 is 0 Å². The lowest BCUT2D eigenvalue weighted by Crippen LogP contribution is -2.17. The number of phenolic OH excluding ortho intramolecular Hbond substituents is 1. The van der Waals surface area contributed by atoms with Gasteiger partial charge in [-0.25, -0.2) is 9.18 Å². The molecule has 0 spiro atoms. The maximum atomic E-state index is 14.3. The van der Waals surface area contributed by atoms with E-state index in [0.717, 1.165) is 5.69 Å². The predicted molar refractivity (Wildman–Crippen MR) is 133 cm³/mol. The SMILES string of the molecule is COc1cc(-n2c(C3CCOCC3)c(-c3ccc(C(=O)O)c(O)c3)c3c(O)cc(Cl)cc32)ccc1F. The van der Waals surface area contributed by atoms with Crippen LogP contribution in [-0.2, 0) is 4.74 Å². The summed E-state index contributed by atoms with van der Waals surface area (Å²) in [5.74, 6) is -2.19. The summed E-state index contributed by atoms with van der Waals surface area (Å²) >= 11 is 6.36. The van der Waals surface area contributed by atoms with E-state index in [1.807, 2.05) is 4.57 Å². The number of fused-ring (bicyclic) bond motifs is 1. The molecule has 186 valence electrons. The van der Waals surface area contributed by atoms with Crippen molar-refractivity contribution in [1.82, 2.24) is 4.57 Å². The first-order chi connectivity index (χ1) is 17.3. The second-order valence-corrected chi connectivity index (χ2v) is 9.09. The fourth-order valence-electron chi connectivity index (χ4n) is 4.96. The van der Waals surface area contributed by atoms with Crippen molar-refractivity contribution in [2.75, 3.05) is 20.3 Å². The van der Waals surface area contributed by atoms with Crippen LogP contribution < -0.4 is 4.74 Å². The Morgan fingerprint density at radius 1 is 1.08 bits per heavy atom. The molecular weight excluding hydrogens is 489 g/mol. The van der Waals surface area contributed by atoms with Crippen molar-refractivity contribution in [3.8, 4) is 34.1 Å². The number of methoxy groups -OCH3 is 1. The predicted octanol–water partition coefficient (Wildman–Crippen LogP) is 6.10. The summed E-state index contributed by atoms with van der Waals surface area (Å²) < 4.78 is 27.0. The van der Waals surface area contributed by atoms with E-state index in [1.165, 1.54) is 31.4 Å². The Morgan fingerprint density at radius 2 is 1.83 bits per heavy atom. The minimum atomic E-state index is -1.25. The van der Waals surface area contributed by atoms with Gasteiger partial charge in [-0.15, -0.1) is 0 Å². The van der Waals surface area contributed by atoms with Gasteiger partial charge in [0.1, 0.15) is 17.1 Å². The second kappa shape index (κ2) is 9.37. The highest BCUT2D eigenvalue weighted by Crippen LogP contribution is 2.48. The molecule has 1 aliphatic rings. The van der Waals surface area contributed by atoms with E-state index in [9.17, 15) is 24.5 Å². The zero-order valence-electron chi connectivity index (χ0n) is 19.3. The van der Waals surface area contributed by atoms with Crippen molar-refractivity contribution in [1.29, 1.82) is 0 Å².